The third-order valence-electron chi connectivity index (χ3n) is 10.5. The van der Waals surface area contributed by atoms with Gasteiger partial charge in [-0.25, -0.2) is 9.97 Å². The average molecular weight is 687 g/mol. The van der Waals surface area contributed by atoms with Crippen LogP contribution in [0.3, 0.4) is 0 Å². The minimum Gasteiger partial charge on any atom is -0.228 e. The van der Waals surface area contributed by atoms with E-state index in [2.05, 4.69) is 188 Å². The van der Waals surface area contributed by atoms with Gasteiger partial charge in [-0.3, -0.25) is 0 Å². The van der Waals surface area contributed by atoms with Gasteiger partial charge in [-0.2, -0.15) is 0 Å². The molecule has 0 unspecified atom stereocenters. The van der Waals surface area contributed by atoms with Crippen LogP contribution in [0.4, 0.5) is 0 Å². The van der Waals surface area contributed by atoms with Crippen LogP contribution >= 0.6 is 0 Å². The standard InChI is InChI=1S/C52H34N2/c1-2-12-41(13-3-1)52-53-49-31-30-39-11-6-7-19-48(39)50(49)51(54-52)40-27-24-37(25-28-40)44-16-9-18-46(33-44)45-17-8-15-43(32-45)36-20-22-38(23-21-36)47-29-26-35-10-4-5-14-42(35)34-47/h1-34H. The summed E-state index contributed by atoms with van der Waals surface area (Å²) in [4.78, 5) is 10.2. The van der Waals surface area contributed by atoms with Crippen molar-refractivity contribution in [1.29, 1.82) is 0 Å². The Morgan fingerprint density at radius 1 is 0.259 bits per heavy atom. The number of aromatic nitrogens is 2. The van der Waals surface area contributed by atoms with E-state index in [4.69, 9.17) is 9.97 Å². The van der Waals surface area contributed by atoms with E-state index in [9.17, 15) is 0 Å². The number of hydrogen-bond donors (Lipinski definition) is 0. The first-order chi connectivity index (χ1) is 26.7. The third-order valence-corrected chi connectivity index (χ3v) is 10.5. The van der Waals surface area contributed by atoms with Crippen molar-refractivity contribution in [2.75, 3.05) is 0 Å². The van der Waals surface area contributed by atoms with Gasteiger partial charge < -0.3 is 0 Å². The highest BCUT2D eigenvalue weighted by Crippen LogP contribution is 2.36. The molecule has 0 saturated heterocycles. The van der Waals surface area contributed by atoms with Crippen LogP contribution in [0.2, 0.25) is 0 Å². The smallest absolute Gasteiger partial charge is 0.160 e. The van der Waals surface area contributed by atoms with Gasteiger partial charge in [-0.1, -0.05) is 182 Å². The second-order valence-corrected chi connectivity index (χ2v) is 13.8. The van der Waals surface area contributed by atoms with Crippen LogP contribution in [-0.2, 0) is 0 Å². The number of benzene rings is 9. The Bertz CT molecular complexity index is 2960. The fraction of sp³-hybridized carbons (Fsp3) is 0. The van der Waals surface area contributed by atoms with E-state index in [1.165, 1.54) is 55.1 Å². The minimum atomic E-state index is 0.730. The van der Waals surface area contributed by atoms with Crippen molar-refractivity contribution in [3.8, 4) is 67.2 Å². The summed E-state index contributed by atoms with van der Waals surface area (Å²) in [5, 5.41) is 5.93. The molecule has 0 spiro atoms. The molecule has 0 radical (unpaired) electrons. The van der Waals surface area contributed by atoms with Gasteiger partial charge in [-0.05, 0) is 90.3 Å². The molecule has 2 nitrogen and oxygen atoms in total. The summed E-state index contributed by atoms with van der Waals surface area (Å²) in [6, 6.07) is 73.6. The lowest BCUT2D eigenvalue weighted by Crippen LogP contribution is -1.96. The number of hydrogen-bond acceptors (Lipinski definition) is 2. The molecule has 0 aliphatic rings. The van der Waals surface area contributed by atoms with Crippen molar-refractivity contribution in [2.45, 2.75) is 0 Å². The number of fused-ring (bicyclic) bond motifs is 4. The molecular weight excluding hydrogens is 653 g/mol. The fourth-order valence-electron chi connectivity index (χ4n) is 7.63. The Kier molecular flexibility index (Phi) is 7.85. The van der Waals surface area contributed by atoms with Crippen LogP contribution in [-0.4, -0.2) is 9.97 Å². The molecule has 0 fully saturated rings. The van der Waals surface area contributed by atoms with E-state index in [0.29, 0.717) is 0 Å². The predicted octanol–water partition coefficient (Wildman–Crippen LogP) is 13.9. The van der Waals surface area contributed by atoms with Crippen molar-refractivity contribution in [3.05, 3.63) is 206 Å². The molecule has 54 heavy (non-hydrogen) atoms. The highest BCUT2D eigenvalue weighted by atomic mass is 14.9. The normalized spacial score (nSPS) is 11.3. The summed E-state index contributed by atoms with van der Waals surface area (Å²) in [5.74, 6) is 0.730. The first-order valence-corrected chi connectivity index (χ1v) is 18.4. The monoisotopic (exact) mass is 686 g/mol. The zero-order valence-corrected chi connectivity index (χ0v) is 29.5. The van der Waals surface area contributed by atoms with Gasteiger partial charge in [0.05, 0.1) is 11.2 Å². The molecule has 10 rings (SSSR count). The van der Waals surface area contributed by atoms with E-state index < -0.39 is 0 Å². The molecule has 2 heteroatoms. The third kappa shape index (κ3) is 5.90. The summed E-state index contributed by atoms with van der Waals surface area (Å²) in [7, 11) is 0. The van der Waals surface area contributed by atoms with E-state index in [0.717, 1.165) is 44.5 Å². The molecular formula is C52H34N2. The van der Waals surface area contributed by atoms with Gasteiger partial charge in [0.2, 0.25) is 0 Å². The van der Waals surface area contributed by atoms with Gasteiger partial charge in [0.1, 0.15) is 0 Å². The fourth-order valence-corrected chi connectivity index (χ4v) is 7.63. The van der Waals surface area contributed by atoms with E-state index in [1.54, 1.807) is 0 Å². The molecule has 0 saturated carbocycles. The zero-order valence-electron chi connectivity index (χ0n) is 29.5. The van der Waals surface area contributed by atoms with Gasteiger partial charge in [-0.15, -0.1) is 0 Å². The summed E-state index contributed by atoms with van der Waals surface area (Å²) in [5.41, 5.74) is 13.5. The van der Waals surface area contributed by atoms with Gasteiger partial charge in [0, 0.05) is 16.5 Å². The van der Waals surface area contributed by atoms with Crippen LogP contribution in [0.5, 0.6) is 0 Å². The maximum absolute atomic E-state index is 5.20. The molecule has 252 valence electrons. The maximum atomic E-state index is 5.20. The average Bonchev–Trinajstić information content (AvgIpc) is 3.26. The lowest BCUT2D eigenvalue weighted by molar-refractivity contribution is 1.23. The summed E-state index contributed by atoms with van der Waals surface area (Å²) < 4.78 is 0. The number of nitrogens with zero attached hydrogens (tertiary/aromatic N) is 2. The Labute approximate surface area is 314 Å². The van der Waals surface area contributed by atoms with Gasteiger partial charge >= 0.3 is 0 Å². The molecule has 1 heterocycles. The first kappa shape index (κ1) is 31.6. The SMILES string of the molecule is c1ccc(-c2nc(-c3ccc(-c4cccc(-c5cccc(-c6ccc(-c7ccc8ccccc8c7)cc6)c5)c4)cc3)c3c(ccc4ccccc43)n2)cc1. The molecule has 0 aliphatic carbocycles. The van der Waals surface area contributed by atoms with Crippen molar-refractivity contribution < 1.29 is 0 Å². The Hall–Kier alpha value is -7.16. The largest absolute Gasteiger partial charge is 0.228 e. The van der Waals surface area contributed by atoms with Crippen LogP contribution in [0, 0.1) is 0 Å². The van der Waals surface area contributed by atoms with Crippen molar-refractivity contribution >= 4 is 32.4 Å². The molecule has 0 amide bonds. The first-order valence-electron chi connectivity index (χ1n) is 18.4. The molecule has 1 aromatic heterocycles. The van der Waals surface area contributed by atoms with Crippen molar-refractivity contribution in [3.63, 3.8) is 0 Å². The molecule has 0 atom stereocenters. The summed E-state index contributed by atoms with van der Waals surface area (Å²) in [6.07, 6.45) is 0. The van der Waals surface area contributed by atoms with Gasteiger partial charge in [0.15, 0.2) is 5.82 Å². The molecule has 0 N–H and O–H groups in total. The topological polar surface area (TPSA) is 25.8 Å². The van der Waals surface area contributed by atoms with E-state index in [-0.39, 0.29) is 0 Å². The predicted molar refractivity (Wildman–Crippen MR) is 227 cm³/mol. The lowest BCUT2D eigenvalue weighted by atomic mass is 9.94. The van der Waals surface area contributed by atoms with Crippen LogP contribution < -0.4 is 0 Å². The van der Waals surface area contributed by atoms with E-state index in [1.807, 2.05) is 18.2 Å². The molecule has 0 aliphatic heterocycles. The van der Waals surface area contributed by atoms with E-state index >= 15 is 0 Å². The summed E-state index contributed by atoms with van der Waals surface area (Å²) in [6.45, 7) is 0. The van der Waals surface area contributed by atoms with Crippen LogP contribution in [0.1, 0.15) is 0 Å². The Balaban J connectivity index is 0.963. The minimum absolute atomic E-state index is 0.730. The highest BCUT2D eigenvalue weighted by Gasteiger charge is 2.15. The molecule has 9 aromatic carbocycles. The van der Waals surface area contributed by atoms with Crippen molar-refractivity contribution in [1.82, 2.24) is 9.97 Å². The van der Waals surface area contributed by atoms with Crippen LogP contribution in [0.25, 0.3) is 99.6 Å². The summed E-state index contributed by atoms with van der Waals surface area (Å²) >= 11 is 0. The molecule has 10 aromatic rings. The second-order valence-electron chi connectivity index (χ2n) is 13.8. The van der Waals surface area contributed by atoms with Crippen molar-refractivity contribution in [2.24, 2.45) is 0 Å². The quantitative estimate of drug-likeness (QED) is 0.163. The van der Waals surface area contributed by atoms with Gasteiger partial charge in [0.25, 0.3) is 0 Å². The maximum Gasteiger partial charge on any atom is 0.160 e. The lowest BCUT2D eigenvalue weighted by Gasteiger charge is -2.13. The highest BCUT2D eigenvalue weighted by molar-refractivity contribution is 6.12. The second kappa shape index (κ2) is 13.4. The Morgan fingerprint density at radius 2 is 0.722 bits per heavy atom. The zero-order chi connectivity index (χ0) is 35.8. The van der Waals surface area contributed by atoms with Crippen LogP contribution in [0.15, 0.2) is 206 Å². The molecule has 0 bridgehead atoms. The number of rotatable bonds is 6. The Morgan fingerprint density at radius 3 is 1.37 bits per heavy atom.